The molecule has 0 saturated heterocycles. The van der Waals surface area contributed by atoms with Crippen molar-refractivity contribution >= 4 is 46.1 Å². The fourth-order valence-electron chi connectivity index (χ4n) is 2.87. The molecule has 0 saturated carbocycles. The molecule has 28 heavy (non-hydrogen) atoms. The van der Waals surface area contributed by atoms with E-state index in [0.717, 1.165) is 16.3 Å². The second kappa shape index (κ2) is 7.84. The topological polar surface area (TPSA) is 70.1 Å². The van der Waals surface area contributed by atoms with Crippen LogP contribution in [0.15, 0.2) is 71.8 Å². The maximum Gasteiger partial charge on any atom is 0.289 e. The molecule has 4 aromatic rings. The first-order valence-electron chi connectivity index (χ1n) is 8.44. The third-order valence-corrected chi connectivity index (χ3v) is 4.91. The number of benzene rings is 3. The van der Waals surface area contributed by atoms with Crippen LogP contribution in [0.2, 0.25) is 10.0 Å². The maximum absolute atomic E-state index is 12.4. The van der Waals surface area contributed by atoms with Gasteiger partial charge >= 0.3 is 0 Å². The number of carbonyl (C=O) groups is 1. The number of amides is 1. The smallest absolute Gasteiger partial charge is 0.272 e. The van der Waals surface area contributed by atoms with Crippen LogP contribution in [0.1, 0.15) is 16.1 Å². The predicted octanol–water partition coefficient (Wildman–Crippen LogP) is 5.30. The predicted molar refractivity (Wildman–Crippen MR) is 113 cm³/mol. The van der Waals surface area contributed by atoms with Gasteiger partial charge in [0.2, 0.25) is 0 Å². The summed E-state index contributed by atoms with van der Waals surface area (Å²) in [5, 5.41) is 14.0. The lowest BCUT2D eigenvalue weighted by Crippen LogP contribution is -2.18. The molecule has 7 heteroatoms. The molecule has 0 bridgehead atoms. The van der Waals surface area contributed by atoms with E-state index in [1.807, 2.05) is 42.5 Å². The maximum atomic E-state index is 12.4. The molecule has 138 valence electrons. The Morgan fingerprint density at radius 3 is 2.54 bits per heavy atom. The molecule has 0 atom stereocenters. The Morgan fingerprint density at radius 1 is 1.00 bits per heavy atom. The fourth-order valence-corrected chi connectivity index (χ4v) is 3.37. The molecule has 0 radical (unpaired) electrons. The third kappa shape index (κ3) is 3.63. The van der Waals surface area contributed by atoms with Crippen LogP contribution in [0.3, 0.4) is 0 Å². The Hall–Kier alpha value is -3.15. The van der Waals surface area contributed by atoms with Crippen molar-refractivity contribution in [3.8, 4) is 11.3 Å². The molecule has 4 rings (SSSR count). The van der Waals surface area contributed by atoms with Gasteiger partial charge in [-0.2, -0.15) is 10.2 Å². The lowest BCUT2D eigenvalue weighted by Gasteiger charge is -2.02. The highest BCUT2D eigenvalue weighted by Gasteiger charge is 2.12. The van der Waals surface area contributed by atoms with Gasteiger partial charge in [-0.05, 0) is 29.0 Å². The van der Waals surface area contributed by atoms with Crippen LogP contribution in [0.25, 0.3) is 22.0 Å². The normalized spacial score (nSPS) is 11.2. The number of rotatable bonds is 4. The van der Waals surface area contributed by atoms with Gasteiger partial charge in [0.1, 0.15) is 5.69 Å². The summed E-state index contributed by atoms with van der Waals surface area (Å²) < 4.78 is 0. The summed E-state index contributed by atoms with van der Waals surface area (Å²) in [5.74, 6) is -0.418. The van der Waals surface area contributed by atoms with Gasteiger partial charge in [-0.1, -0.05) is 71.7 Å². The van der Waals surface area contributed by atoms with E-state index in [9.17, 15) is 4.79 Å². The number of H-pyrrole nitrogens is 1. The molecular formula is C21H14Cl2N4O. The van der Waals surface area contributed by atoms with E-state index in [1.54, 1.807) is 24.3 Å². The second-order valence-electron chi connectivity index (χ2n) is 6.03. The highest BCUT2D eigenvalue weighted by molar-refractivity contribution is 6.38. The first kappa shape index (κ1) is 18.2. The second-order valence-corrected chi connectivity index (χ2v) is 6.84. The molecule has 1 heterocycles. The van der Waals surface area contributed by atoms with Crippen molar-refractivity contribution in [2.75, 3.05) is 0 Å². The number of halogens is 2. The van der Waals surface area contributed by atoms with Gasteiger partial charge in [0.25, 0.3) is 5.91 Å². The fraction of sp³-hybridized carbons (Fsp3) is 0. The average Bonchev–Trinajstić information content (AvgIpc) is 3.20. The first-order valence-corrected chi connectivity index (χ1v) is 9.20. The number of aromatic amines is 1. The third-order valence-electron chi connectivity index (χ3n) is 4.25. The first-order chi connectivity index (χ1) is 13.6. The quantitative estimate of drug-likeness (QED) is 0.355. The largest absolute Gasteiger partial charge is 0.289 e. The van der Waals surface area contributed by atoms with E-state index in [-0.39, 0.29) is 0 Å². The van der Waals surface area contributed by atoms with Gasteiger partial charge in [0.15, 0.2) is 0 Å². The highest BCUT2D eigenvalue weighted by atomic mass is 35.5. The van der Waals surface area contributed by atoms with E-state index in [2.05, 4.69) is 20.7 Å². The van der Waals surface area contributed by atoms with Crippen LogP contribution in [-0.2, 0) is 0 Å². The zero-order chi connectivity index (χ0) is 19.5. The molecule has 2 N–H and O–H groups in total. The minimum atomic E-state index is -0.418. The van der Waals surface area contributed by atoms with Crippen LogP contribution < -0.4 is 5.43 Å². The van der Waals surface area contributed by atoms with Gasteiger partial charge in [0.05, 0.1) is 22.0 Å². The van der Waals surface area contributed by atoms with E-state index in [4.69, 9.17) is 23.2 Å². The minimum Gasteiger partial charge on any atom is -0.272 e. The van der Waals surface area contributed by atoms with Crippen LogP contribution in [0.4, 0.5) is 0 Å². The Labute approximate surface area is 171 Å². The standard InChI is InChI=1S/C21H14Cl2N4O/c22-17-9-4-10-18(23)16(17)12-24-27-21(28)20-11-19(25-26-20)15-8-3-6-13-5-1-2-7-14(13)15/h1-12H,(H,25,26)(H,27,28)/b24-12-. The summed E-state index contributed by atoms with van der Waals surface area (Å²) in [7, 11) is 0. The minimum absolute atomic E-state index is 0.297. The Morgan fingerprint density at radius 2 is 1.71 bits per heavy atom. The highest BCUT2D eigenvalue weighted by Crippen LogP contribution is 2.27. The Balaban J connectivity index is 1.54. The van der Waals surface area contributed by atoms with E-state index in [1.165, 1.54) is 6.21 Å². The number of hydrogen-bond acceptors (Lipinski definition) is 3. The number of aromatic nitrogens is 2. The van der Waals surface area contributed by atoms with Crippen molar-refractivity contribution in [2.45, 2.75) is 0 Å². The molecule has 0 aliphatic carbocycles. The van der Waals surface area contributed by atoms with Crippen LogP contribution >= 0.6 is 23.2 Å². The van der Waals surface area contributed by atoms with Gasteiger partial charge in [-0.25, -0.2) is 5.43 Å². The van der Waals surface area contributed by atoms with Gasteiger partial charge < -0.3 is 0 Å². The number of hydrazone groups is 1. The number of carbonyl (C=O) groups excluding carboxylic acids is 1. The zero-order valence-corrected chi connectivity index (χ0v) is 16.0. The van der Waals surface area contributed by atoms with Gasteiger partial charge in [-0.3, -0.25) is 9.89 Å². The van der Waals surface area contributed by atoms with Crippen molar-refractivity contribution in [1.29, 1.82) is 0 Å². The number of nitrogens with zero attached hydrogens (tertiary/aromatic N) is 2. The molecule has 3 aromatic carbocycles. The SMILES string of the molecule is O=C(N/N=C\c1c(Cl)cccc1Cl)c1cc(-c2cccc3ccccc23)n[nH]1. The average molecular weight is 409 g/mol. The molecule has 5 nitrogen and oxygen atoms in total. The van der Waals surface area contributed by atoms with Crippen molar-refractivity contribution in [3.63, 3.8) is 0 Å². The van der Waals surface area contributed by atoms with Crippen molar-refractivity contribution < 1.29 is 4.79 Å². The van der Waals surface area contributed by atoms with E-state index >= 15 is 0 Å². The molecular weight excluding hydrogens is 395 g/mol. The van der Waals surface area contributed by atoms with Crippen molar-refractivity contribution in [3.05, 3.63) is 88.0 Å². The molecule has 0 spiro atoms. The molecule has 0 aliphatic rings. The monoisotopic (exact) mass is 408 g/mol. The summed E-state index contributed by atoms with van der Waals surface area (Å²) in [5.41, 5.74) is 4.90. The molecule has 1 amide bonds. The van der Waals surface area contributed by atoms with Crippen molar-refractivity contribution in [2.24, 2.45) is 5.10 Å². The summed E-state index contributed by atoms with van der Waals surface area (Å²) in [4.78, 5) is 12.4. The summed E-state index contributed by atoms with van der Waals surface area (Å²) in [6.07, 6.45) is 1.41. The van der Waals surface area contributed by atoms with Crippen LogP contribution in [0.5, 0.6) is 0 Å². The molecule has 0 fully saturated rings. The molecule has 1 aromatic heterocycles. The number of fused-ring (bicyclic) bond motifs is 1. The molecule has 0 aliphatic heterocycles. The Kier molecular flexibility index (Phi) is 5.10. The lowest BCUT2D eigenvalue weighted by molar-refractivity contribution is 0.0950. The molecule has 0 unspecified atom stereocenters. The van der Waals surface area contributed by atoms with Crippen LogP contribution in [0, 0.1) is 0 Å². The zero-order valence-electron chi connectivity index (χ0n) is 14.5. The van der Waals surface area contributed by atoms with Gasteiger partial charge in [-0.15, -0.1) is 0 Å². The summed E-state index contributed by atoms with van der Waals surface area (Å²) in [6, 6.07) is 20.8. The lowest BCUT2D eigenvalue weighted by atomic mass is 10.0. The number of hydrogen-bond donors (Lipinski definition) is 2. The van der Waals surface area contributed by atoms with Crippen LogP contribution in [-0.4, -0.2) is 22.3 Å². The van der Waals surface area contributed by atoms with Gasteiger partial charge in [0, 0.05) is 11.1 Å². The van der Waals surface area contributed by atoms with Crippen molar-refractivity contribution in [1.82, 2.24) is 15.6 Å². The summed E-state index contributed by atoms with van der Waals surface area (Å²) in [6.45, 7) is 0. The van der Waals surface area contributed by atoms with E-state index < -0.39 is 5.91 Å². The summed E-state index contributed by atoms with van der Waals surface area (Å²) >= 11 is 12.2. The Bertz CT molecular complexity index is 1170. The number of nitrogens with one attached hydrogen (secondary N) is 2. The van der Waals surface area contributed by atoms with E-state index in [0.29, 0.717) is 27.0 Å².